The highest BCUT2D eigenvalue weighted by Gasteiger charge is 2.30. The van der Waals surface area contributed by atoms with E-state index >= 15 is 0 Å². The number of amides is 1. The van der Waals surface area contributed by atoms with Crippen LogP contribution in [-0.4, -0.2) is 31.4 Å². The van der Waals surface area contributed by atoms with Gasteiger partial charge in [-0.3, -0.25) is 9.69 Å². The quantitative estimate of drug-likeness (QED) is 0.806. The zero-order valence-electron chi connectivity index (χ0n) is 13.9. The Labute approximate surface area is 143 Å². The predicted octanol–water partition coefficient (Wildman–Crippen LogP) is 3.73. The van der Waals surface area contributed by atoms with Crippen LogP contribution < -0.4 is 5.32 Å². The Hall–Kier alpha value is -2.54. The third-order valence-electron chi connectivity index (χ3n) is 3.61. The van der Waals surface area contributed by atoms with Crippen molar-refractivity contribution in [1.82, 2.24) is 10.2 Å². The van der Waals surface area contributed by atoms with Crippen molar-refractivity contribution in [2.24, 2.45) is 0 Å². The molecular formula is C18H19F3N2O2. The van der Waals surface area contributed by atoms with Crippen LogP contribution in [0.2, 0.25) is 0 Å². The molecule has 1 heterocycles. The van der Waals surface area contributed by atoms with E-state index in [2.05, 4.69) is 5.32 Å². The molecule has 1 aromatic carbocycles. The molecule has 25 heavy (non-hydrogen) atoms. The summed E-state index contributed by atoms with van der Waals surface area (Å²) >= 11 is 0. The second-order valence-electron chi connectivity index (χ2n) is 5.70. The van der Waals surface area contributed by atoms with Crippen molar-refractivity contribution in [1.29, 1.82) is 0 Å². The molecule has 4 nitrogen and oxygen atoms in total. The van der Waals surface area contributed by atoms with Gasteiger partial charge in [0.1, 0.15) is 5.76 Å². The van der Waals surface area contributed by atoms with Crippen LogP contribution in [0, 0.1) is 0 Å². The lowest BCUT2D eigenvalue weighted by Crippen LogP contribution is -2.33. The third kappa shape index (κ3) is 5.49. The van der Waals surface area contributed by atoms with Crippen LogP contribution in [0.3, 0.4) is 0 Å². The fourth-order valence-electron chi connectivity index (χ4n) is 2.27. The van der Waals surface area contributed by atoms with Crippen molar-refractivity contribution in [2.75, 3.05) is 20.6 Å². The van der Waals surface area contributed by atoms with Gasteiger partial charge in [-0.15, -0.1) is 0 Å². The van der Waals surface area contributed by atoms with E-state index in [-0.39, 0.29) is 6.04 Å². The zero-order chi connectivity index (χ0) is 18.4. The normalized spacial score (nSPS) is 13.4. The summed E-state index contributed by atoms with van der Waals surface area (Å²) < 4.78 is 43.4. The molecule has 0 spiro atoms. The number of hydrogen-bond donors (Lipinski definition) is 1. The first-order valence-corrected chi connectivity index (χ1v) is 7.60. The number of hydrogen-bond acceptors (Lipinski definition) is 3. The minimum atomic E-state index is -4.41. The standard InChI is InChI=1S/C18H19F3N2O2/c1-23(2)15(16-7-4-10-25-16)12-22-17(24)9-8-13-5-3-6-14(11-13)18(19,20)21/h3-11,15H,12H2,1-2H3,(H,22,24)/b9-8+. The first kappa shape index (κ1) is 18.8. The van der Waals surface area contributed by atoms with Crippen LogP contribution in [-0.2, 0) is 11.0 Å². The molecule has 0 aliphatic heterocycles. The van der Waals surface area contributed by atoms with Gasteiger partial charge in [0.2, 0.25) is 5.91 Å². The second-order valence-corrected chi connectivity index (χ2v) is 5.70. The number of benzene rings is 1. The molecule has 0 bridgehead atoms. The third-order valence-corrected chi connectivity index (χ3v) is 3.61. The van der Waals surface area contributed by atoms with E-state index in [4.69, 9.17) is 4.42 Å². The number of carbonyl (C=O) groups is 1. The number of furan rings is 1. The molecule has 0 radical (unpaired) electrons. The van der Waals surface area contributed by atoms with Gasteiger partial charge in [0.25, 0.3) is 0 Å². The molecule has 134 valence electrons. The topological polar surface area (TPSA) is 45.5 Å². The molecule has 1 unspecified atom stereocenters. The Morgan fingerprint density at radius 2 is 2.04 bits per heavy atom. The molecule has 7 heteroatoms. The molecule has 0 aliphatic rings. The monoisotopic (exact) mass is 352 g/mol. The lowest BCUT2D eigenvalue weighted by molar-refractivity contribution is -0.137. The van der Waals surface area contributed by atoms with Crippen LogP contribution in [0.15, 0.2) is 53.2 Å². The maximum absolute atomic E-state index is 12.7. The van der Waals surface area contributed by atoms with E-state index in [0.29, 0.717) is 17.9 Å². The van der Waals surface area contributed by atoms with Gasteiger partial charge in [-0.1, -0.05) is 12.1 Å². The summed E-state index contributed by atoms with van der Waals surface area (Å²) in [5.41, 5.74) is -0.444. The number of nitrogens with one attached hydrogen (secondary N) is 1. The van der Waals surface area contributed by atoms with Gasteiger partial charge < -0.3 is 9.73 Å². The molecular weight excluding hydrogens is 333 g/mol. The van der Waals surface area contributed by atoms with Crippen molar-refractivity contribution < 1.29 is 22.4 Å². The molecule has 1 aromatic heterocycles. The van der Waals surface area contributed by atoms with Gasteiger partial charge in [-0.05, 0) is 50.0 Å². The average molecular weight is 352 g/mol. The van der Waals surface area contributed by atoms with Gasteiger partial charge in [-0.25, -0.2) is 0 Å². The van der Waals surface area contributed by atoms with Gasteiger partial charge in [-0.2, -0.15) is 13.2 Å². The fourth-order valence-corrected chi connectivity index (χ4v) is 2.27. The van der Waals surface area contributed by atoms with Gasteiger partial charge in [0, 0.05) is 12.6 Å². The number of alkyl halides is 3. The molecule has 0 fully saturated rings. The average Bonchev–Trinajstić information content (AvgIpc) is 3.06. The van der Waals surface area contributed by atoms with Crippen LogP contribution in [0.5, 0.6) is 0 Å². The van der Waals surface area contributed by atoms with Gasteiger partial charge >= 0.3 is 6.18 Å². The van der Waals surface area contributed by atoms with Crippen molar-refractivity contribution in [3.8, 4) is 0 Å². The summed E-state index contributed by atoms with van der Waals surface area (Å²) in [4.78, 5) is 13.8. The predicted molar refractivity (Wildman–Crippen MR) is 88.6 cm³/mol. The molecule has 1 N–H and O–H groups in total. The van der Waals surface area contributed by atoms with Crippen LogP contribution in [0.4, 0.5) is 13.2 Å². The molecule has 1 atom stereocenters. The first-order valence-electron chi connectivity index (χ1n) is 7.60. The van der Waals surface area contributed by atoms with Gasteiger partial charge in [0.05, 0.1) is 17.9 Å². The number of rotatable bonds is 6. The van der Waals surface area contributed by atoms with Crippen molar-refractivity contribution >= 4 is 12.0 Å². The Balaban J connectivity index is 1.97. The summed E-state index contributed by atoms with van der Waals surface area (Å²) in [6.07, 6.45) is -0.290. The Bertz CT molecular complexity index is 722. The fraction of sp³-hybridized carbons (Fsp3) is 0.278. The molecule has 2 rings (SSSR count). The summed E-state index contributed by atoms with van der Waals surface area (Å²) in [5, 5.41) is 2.72. The largest absolute Gasteiger partial charge is 0.468 e. The van der Waals surface area contributed by atoms with Crippen molar-refractivity contribution in [3.63, 3.8) is 0 Å². The first-order chi connectivity index (χ1) is 11.8. The number of halogens is 3. The molecule has 2 aromatic rings. The summed E-state index contributed by atoms with van der Waals surface area (Å²) in [6, 6.07) is 8.24. The van der Waals surface area contributed by atoms with Crippen molar-refractivity contribution in [2.45, 2.75) is 12.2 Å². The Kier molecular flexibility index (Phi) is 6.03. The Morgan fingerprint density at radius 3 is 2.64 bits per heavy atom. The van der Waals surface area contributed by atoms with Gasteiger partial charge in [0.15, 0.2) is 0 Å². The van der Waals surface area contributed by atoms with Crippen molar-refractivity contribution in [3.05, 3.63) is 65.6 Å². The highest BCUT2D eigenvalue weighted by atomic mass is 19.4. The number of likely N-dealkylation sites (N-methyl/N-ethyl adjacent to an activating group) is 1. The summed E-state index contributed by atoms with van der Waals surface area (Å²) in [6.45, 7) is 0.312. The minimum Gasteiger partial charge on any atom is -0.468 e. The summed E-state index contributed by atoms with van der Waals surface area (Å²) in [7, 11) is 3.72. The maximum atomic E-state index is 12.7. The lowest BCUT2D eigenvalue weighted by atomic mass is 10.1. The van der Waals surface area contributed by atoms with Crippen LogP contribution in [0.1, 0.15) is 22.9 Å². The number of nitrogens with zero attached hydrogens (tertiary/aromatic N) is 1. The highest BCUT2D eigenvalue weighted by Crippen LogP contribution is 2.29. The second kappa shape index (κ2) is 8.02. The molecule has 1 amide bonds. The number of carbonyl (C=O) groups excluding carboxylic acids is 1. The molecule has 0 saturated carbocycles. The van der Waals surface area contributed by atoms with E-state index in [1.54, 1.807) is 12.3 Å². The lowest BCUT2D eigenvalue weighted by Gasteiger charge is -2.22. The van der Waals surface area contributed by atoms with E-state index < -0.39 is 17.6 Å². The highest BCUT2D eigenvalue weighted by molar-refractivity contribution is 5.91. The zero-order valence-corrected chi connectivity index (χ0v) is 13.9. The van der Waals surface area contributed by atoms with Crippen LogP contribution >= 0.6 is 0 Å². The SMILES string of the molecule is CN(C)C(CNC(=O)/C=C/c1cccc(C(F)(F)F)c1)c1ccco1. The minimum absolute atomic E-state index is 0.138. The van der Waals surface area contributed by atoms with E-state index in [1.165, 1.54) is 24.3 Å². The maximum Gasteiger partial charge on any atom is 0.416 e. The van der Waals surface area contributed by atoms with E-state index in [1.807, 2.05) is 25.1 Å². The van der Waals surface area contributed by atoms with E-state index in [9.17, 15) is 18.0 Å². The molecule has 0 aliphatic carbocycles. The van der Waals surface area contributed by atoms with Crippen LogP contribution in [0.25, 0.3) is 6.08 Å². The van der Waals surface area contributed by atoms with E-state index in [0.717, 1.165) is 12.1 Å². The summed E-state index contributed by atoms with van der Waals surface area (Å²) in [5.74, 6) is 0.322. The Morgan fingerprint density at radius 1 is 1.28 bits per heavy atom. The molecule has 0 saturated heterocycles. The smallest absolute Gasteiger partial charge is 0.416 e.